The number of thioether (sulfide) groups is 1. The van der Waals surface area contributed by atoms with Gasteiger partial charge in [-0.15, -0.1) is 11.8 Å². The fourth-order valence-electron chi connectivity index (χ4n) is 1.80. The van der Waals surface area contributed by atoms with E-state index in [1.165, 1.54) is 11.8 Å². The zero-order valence-corrected chi connectivity index (χ0v) is 12.5. The first-order chi connectivity index (χ1) is 10.3. The number of halogens is 3. The van der Waals surface area contributed by atoms with E-state index in [0.29, 0.717) is 11.8 Å². The standard InChI is InChI=1S/C12H12F3N3O3S/c1-3-21-11(20)8-9-16-6(12(13,14)15)5-7(19)18(9)17-10(8)22-4-2/h5,17H,3-4H2,1-2H3. The van der Waals surface area contributed by atoms with E-state index in [1.54, 1.807) is 13.8 Å². The fourth-order valence-corrected chi connectivity index (χ4v) is 2.56. The summed E-state index contributed by atoms with van der Waals surface area (Å²) >= 11 is 1.17. The van der Waals surface area contributed by atoms with Crippen LogP contribution in [-0.4, -0.2) is 32.9 Å². The molecule has 2 aromatic heterocycles. The quantitative estimate of drug-likeness (QED) is 0.685. The van der Waals surface area contributed by atoms with Crippen molar-refractivity contribution in [1.82, 2.24) is 14.6 Å². The molecule has 2 rings (SSSR count). The second kappa shape index (κ2) is 6.03. The maximum absolute atomic E-state index is 12.8. The third kappa shape index (κ3) is 2.96. The Morgan fingerprint density at radius 3 is 2.68 bits per heavy atom. The predicted molar refractivity (Wildman–Crippen MR) is 73.2 cm³/mol. The number of esters is 1. The summed E-state index contributed by atoms with van der Waals surface area (Å²) < 4.78 is 44.0. The molecule has 0 aromatic carbocycles. The predicted octanol–water partition coefficient (Wildman–Crippen LogP) is 2.33. The minimum Gasteiger partial charge on any atom is -0.462 e. The SMILES string of the molecule is CCOC(=O)c1c(SCC)[nH]n2c(=O)cc(C(F)(F)F)nc12. The summed E-state index contributed by atoms with van der Waals surface area (Å²) in [7, 11) is 0. The number of hydrogen-bond donors (Lipinski definition) is 1. The molecule has 2 aromatic rings. The van der Waals surface area contributed by atoms with Gasteiger partial charge in [-0.1, -0.05) is 6.92 Å². The molecular formula is C12H12F3N3O3S. The summed E-state index contributed by atoms with van der Waals surface area (Å²) in [5, 5.41) is 2.83. The van der Waals surface area contributed by atoms with Crippen molar-refractivity contribution in [2.24, 2.45) is 0 Å². The van der Waals surface area contributed by atoms with Gasteiger partial charge in [-0.2, -0.15) is 17.7 Å². The highest BCUT2D eigenvalue weighted by Gasteiger charge is 2.35. The van der Waals surface area contributed by atoms with Crippen LogP contribution >= 0.6 is 11.8 Å². The Morgan fingerprint density at radius 2 is 2.14 bits per heavy atom. The van der Waals surface area contributed by atoms with E-state index >= 15 is 0 Å². The van der Waals surface area contributed by atoms with Crippen molar-refractivity contribution in [3.8, 4) is 0 Å². The zero-order valence-electron chi connectivity index (χ0n) is 11.7. The second-order valence-corrected chi connectivity index (χ2v) is 5.38. The average molecular weight is 335 g/mol. The number of fused-ring (bicyclic) bond motifs is 1. The van der Waals surface area contributed by atoms with Gasteiger partial charge in [-0.25, -0.2) is 9.78 Å². The van der Waals surface area contributed by atoms with E-state index in [0.717, 1.165) is 4.52 Å². The molecule has 0 radical (unpaired) electrons. The lowest BCUT2D eigenvalue weighted by atomic mass is 10.3. The number of carbonyl (C=O) groups is 1. The first-order valence-electron chi connectivity index (χ1n) is 6.32. The molecule has 0 saturated heterocycles. The minimum atomic E-state index is -4.78. The zero-order chi connectivity index (χ0) is 16.5. The van der Waals surface area contributed by atoms with Crippen LogP contribution in [0.2, 0.25) is 0 Å². The summed E-state index contributed by atoms with van der Waals surface area (Å²) in [6.07, 6.45) is -4.78. The third-order valence-corrected chi connectivity index (χ3v) is 3.51. The van der Waals surface area contributed by atoms with Crippen LogP contribution in [0.1, 0.15) is 29.9 Å². The van der Waals surface area contributed by atoms with E-state index in [4.69, 9.17) is 4.74 Å². The molecule has 0 aliphatic rings. The summed E-state index contributed by atoms with van der Waals surface area (Å²) in [5.74, 6) is -0.288. The lowest BCUT2D eigenvalue weighted by molar-refractivity contribution is -0.141. The van der Waals surface area contributed by atoms with E-state index < -0.39 is 29.0 Å². The van der Waals surface area contributed by atoms with E-state index in [-0.39, 0.29) is 17.2 Å². The van der Waals surface area contributed by atoms with Crippen molar-refractivity contribution in [2.45, 2.75) is 25.0 Å². The van der Waals surface area contributed by atoms with Crippen molar-refractivity contribution >= 4 is 23.4 Å². The van der Waals surface area contributed by atoms with Gasteiger partial charge in [0.15, 0.2) is 11.3 Å². The molecule has 0 bridgehead atoms. The average Bonchev–Trinajstić information content (AvgIpc) is 2.77. The van der Waals surface area contributed by atoms with Gasteiger partial charge in [-0.05, 0) is 12.7 Å². The molecule has 0 unspecified atom stereocenters. The number of aromatic amines is 1. The molecule has 22 heavy (non-hydrogen) atoms. The first kappa shape index (κ1) is 16.4. The Labute approximate surface area is 126 Å². The largest absolute Gasteiger partial charge is 0.462 e. The van der Waals surface area contributed by atoms with Gasteiger partial charge in [0.05, 0.1) is 6.61 Å². The molecule has 0 spiro atoms. The van der Waals surface area contributed by atoms with Gasteiger partial charge >= 0.3 is 12.1 Å². The number of nitrogens with zero attached hydrogens (tertiary/aromatic N) is 2. The summed E-state index contributed by atoms with van der Waals surface area (Å²) in [5.41, 5.74) is -2.87. The van der Waals surface area contributed by atoms with Gasteiger partial charge in [0.1, 0.15) is 10.6 Å². The lowest BCUT2D eigenvalue weighted by Crippen LogP contribution is -2.20. The maximum Gasteiger partial charge on any atom is 0.433 e. The molecule has 2 heterocycles. The van der Waals surface area contributed by atoms with Gasteiger partial charge in [0.2, 0.25) is 0 Å². The Kier molecular flexibility index (Phi) is 4.50. The van der Waals surface area contributed by atoms with Crippen molar-refractivity contribution in [3.63, 3.8) is 0 Å². The van der Waals surface area contributed by atoms with Crippen LogP contribution in [0.5, 0.6) is 0 Å². The molecule has 0 fully saturated rings. The Balaban J connectivity index is 2.77. The highest BCUT2D eigenvalue weighted by molar-refractivity contribution is 7.99. The number of nitrogens with one attached hydrogen (secondary N) is 1. The van der Waals surface area contributed by atoms with Crippen molar-refractivity contribution in [2.75, 3.05) is 12.4 Å². The smallest absolute Gasteiger partial charge is 0.433 e. The van der Waals surface area contributed by atoms with Gasteiger partial charge in [0, 0.05) is 6.07 Å². The number of alkyl halides is 3. The van der Waals surface area contributed by atoms with Crippen LogP contribution in [0.4, 0.5) is 13.2 Å². The van der Waals surface area contributed by atoms with E-state index in [9.17, 15) is 22.8 Å². The van der Waals surface area contributed by atoms with E-state index in [2.05, 4.69) is 10.1 Å². The van der Waals surface area contributed by atoms with Crippen molar-refractivity contribution in [3.05, 3.63) is 27.7 Å². The summed E-state index contributed by atoms with van der Waals surface area (Å²) in [4.78, 5) is 27.2. The van der Waals surface area contributed by atoms with Crippen LogP contribution in [0.15, 0.2) is 15.9 Å². The normalized spacial score (nSPS) is 11.9. The summed E-state index contributed by atoms with van der Waals surface area (Å²) in [6.45, 7) is 3.41. The maximum atomic E-state index is 12.8. The third-order valence-electron chi connectivity index (χ3n) is 2.64. The number of rotatable bonds is 4. The molecule has 6 nitrogen and oxygen atoms in total. The lowest BCUT2D eigenvalue weighted by Gasteiger charge is -2.05. The Morgan fingerprint density at radius 1 is 1.45 bits per heavy atom. The van der Waals surface area contributed by atoms with Crippen LogP contribution in [0.25, 0.3) is 5.65 Å². The molecule has 0 atom stereocenters. The fraction of sp³-hybridized carbons (Fsp3) is 0.417. The molecule has 0 amide bonds. The van der Waals surface area contributed by atoms with Crippen LogP contribution < -0.4 is 5.56 Å². The highest BCUT2D eigenvalue weighted by Crippen LogP contribution is 2.29. The van der Waals surface area contributed by atoms with Crippen molar-refractivity contribution in [1.29, 1.82) is 0 Å². The van der Waals surface area contributed by atoms with Gasteiger partial charge in [0.25, 0.3) is 5.56 Å². The van der Waals surface area contributed by atoms with Crippen LogP contribution in [0, 0.1) is 0 Å². The molecule has 0 aliphatic carbocycles. The molecule has 120 valence electrons. The minimum absolute atomic E-state index is 0.0512. The van der Waals surface area contributed by atoms with Gasteiger partial charge in [-0.3, -0.25) is 9.89 Å². The highest BCUT2D eigenvalue weighted by atomic mass is 32.2. The Hall–Kier alpha value is -1.97. The number of hydrogen-bond acceptors (Lipinski definition) is 5. The molecule has 0 aliphatic heterocycles. The number of ether oxygens (including phenoxy) is 1. The molecule has 0 saturated carbocycles. The number of aromatic nitrogens is 3. The molecule has 10 heteroatoms. The second-order valence-electron chi connectivity index (χ2n) is 4.11. The van der Waals surface area contributed by atoms with Gasteiger partial charge < -0.3 is 4.74 Å². The monoisotopic (exact) mass is 335 g/mol. The number of H-pyrrole nitrogens is 1. The number of carbonyl (C=O) groups excluding carboxylic acids is 1. The Bertz CT molecular complexity index is 767. The summed E-state index contributed by atoms with van der Waals surface area (Å²) in [6, 6.07) is 0.374. The van der Waals surface area contributed by atoms with E-state index in [1.807, 2.05) is 0 Å². The van der Waals surface area contributed by atoms with Crippen LogP contribution in [-0.2, 0) is 10.9 Å². The topological polar surface area (TPSA) is 76.5 Å². The van der Waals surface area contributed by atoms with Crippen molar-refractivity contribution < 1.29 is 22.7 Å². The molecular weight excluding hydrogens is 323 g/mol. The first-order valence-corrected chi connectivity index (χ1v) is 7.31. The van der Waals surface area contributed by atoms with Crippen LogP contribution in [0.3, 0.4) is 0 Å². The molecule has 1 N–H and O–H groups in total.